The Balaban J connectivity index is 2.31. The Kier molecular flexibility index (Phi) is 6.48. The molecule has 0 radical (unpaired) electrons. The summed E-state index contributed by atoms with van der Waals surface area (Å²) in [5.41, 5.74) is 1.15. The van der Waals surface area contributed by atoms with Gasteiger partial charge >= 0.3 is 107 Å². The summed E-state index contributed by atoms with van der Waals surface area (Å²) < 4.78 is 0. The summed E-state index contributed by atoms with van der Waals surface area (Å²) in [6.07, 6.45) is 13.9. The van der Waals surface area contributed by atoms with Crippen molar-refractivity contribution < 1.29 is 0 Å². The molecule has 1 aliphatic carbocycles. The summed E-state index contributed by atoms with van der Waals surface area (Å²) in [5, 5.41) is 0. The van der Waals surface area contributed by atoms with Crippen molar-refractivity contribution in [2.75, 3.05) is 12.3 Å². The van der Waals surface area contributed by atoms with Gasteiger partial charge < -0.3 is 0 Å². The zero-order chi connectivity index (χ0) is 12.2. The van der Waals surface area contributed by atoms with Crippen molar-refractivity contribution in [3.05, 3.63) is 0 Å². The molecule has 1 aliphatic rings. The van der Waals surface area contributed by atoms with E-state index in [1.165, 1.54) is 38.0 Å². The molecule has 0 spiro atoms. The number of hydrogen-bond acceptors (Lipinski definition) is 0. The third-order valence-corrected chi connectivity index (χ3v) is 6.41. The molecule has 3 unspecified atom stereocenters. The van der Waals surface area contributed by atoms with E-state index in [-0.39, 0.29) is 0 Å². The first-order valence-electron chi connectivity index (χ1n) is 6.31. The van der Waals surface area contributed by atoms with Crippen molar-refractivity contribution in [3.63, 3.8) is 0 Å². The topological polar surface area (TPSA) is 0 Å². The van der Waals surface area contributed by atoms with Crippen LogP contribution in [0.2, 0.25) is 0 Å². The van der Waals surface area contributed by atoms with E-state index in [1.54, 1.807) is 0 Å². The van der Waals surface area contributed by atoms with E-state index in [1.807, 2.05) is 0 Å². The molecule has 16 heavy (non-hydrogen) atoms. The second kappa shape index (κ2) is 6.86. The quantitative estimate of drug-likeness (QED) is 0.627. The van der Waals surface area contributed by atoms with Gasteiger partial charge in [0.15, 0.2) is 0 Å². The third-order valence-electron chi connectivity index (χ3n) is 3.82. The minimum atomic E-state index is 0.436. The molecule has 1 fully saturated rings. The van der Waals surface area contributed by atoms with Crippen LogP contribution in [-0.4, -0.2) is 18.0 Å². The molecular formula is C13H26P3+. The van der Waals surface area contributed by atoms with Crippen molar-refractivity contribution in [1.82, 2.24) is 0 Å². The van der Waals surface area contributed by atoms with Crippen LogP contribution in [0.1, 0.15) is 39.5 Å². The SMILES string of the molecule is C#[P+]C(CC1CC(CP)C1)CC(C)(C)CP. The minimum absolute atomic E-state index is 0.436. The van der Waals surface area contributed by atoms with Crippen LogP contribution in [0.25, 0.3) is 0 Å². The second-order valence-corrected chi connectivity index (χ2v) is 7.96. The zero-order valence-corrected chi connectivity index (χ0v) is 13.9. The Bertz CT molecular complexity index is 248. The Hall–Kier alpha value is 1.07. The van der Waals surface area contributed by atoms with Crippen molar-refractivity contribution in [1.29, 1.82) is 0 Å². The maximum atomic E-state index is 5.89. The molecule has 0 aromatic rings. The van der Waals surface area contributed by atoms with Gasteiger partial charge in [-0.3, -0.25) is 0 Å². The molecule has 92 valence electrons. The third kappa shape index (κ3) is 4.75. The number of hydrogen-bond donors (Lipinski definition) is 0. The molecule has 1 rings (SSSR count). The fraction of sp³-hybridized carbons (Fsp3) is 0.923. The van der Waals surface area contributed by atoms with Crippen LogP contribution in [0.15, 0.2) is 0 Å². The Labute approximate surface area is 108 Å². The molecule has 0 bridgehead atoms. The van der Waals surface area contributed by atoms with Crippen LogP contribution in [0.5, 0.6) is 0 Å². The van der Waals surface area contributed by atoms with Crippen molar-refractivity contribution in [2.24, 2.45) is 17.3 Å². The first-order chi connectivity index (χ1) is 7.50. The van der Waals surface area contributed by atoms with Crippen LogP contribution >= 0.6 is 26.5 Å². The standard InChI is InChI=1S/C13H26P3/c1-13(2,9-15)7-12(16-3)6-10-4-11(5-10)8-14/h3,10-12H,4-9,14-15H2,1-2H3/q+1. The van der Waals surface area contributed by atoms with Gasteiger partial charge in [0.25, 0.3) is 0 Å². The molecule has 0 N–H and O–H groups in total. The second-order valence-electron chi connectivity index (χ2n) is 6.05. The van der Waals surface area contributed by atoms with Gasteiger partial charge in [0, 0.05) is 0 Å². The molecule has 3 heteroatoms. The van der Waals surface area contributed by atoms with Crippen molar-refractivity contribution in [2.45, 2.75) is 45.2 Å². The molecule has 3 atom stereocenters. The predicted molar refractivity (Wildman–Crippen MR) is 84.0 cm³/mol. The van der Waals surface area contributed by atoms with Crippen LogP contribution in [0.4, 0.5) is 0 Å². The van der Waals surface area contributed by atoms with Gasteiger partial charge in [-0.05, 0) is 0 Å². The van der Waals surface area contributed by atoms with Crippen LogP contribution < -0.4 is 0 Å². The van der Waals surface area contributed by atoms with E-state index in [0.29, 0.717) is 11.1 Å². The fourth-order valence-electron chi connectivity index (χ4n) is 2.56. The Morgan fingerprint density at radius 3 is 2.38 bits per heavy atom. The first-order valence-corrected chi connectivity index (χ1v) is 8.97. The molecule has 0 aliphatic heterocycles. The average Bonchev–Trinajstić information content (AvgIpc) is 2.20. The van der Waals surface area contributed by atoms with Crippen LogP contribution in [0.3, 0.4) is 0 Å². The first kappa shape index (κ1) is 15.1. The van der Waals surface area contributed by atoms with E-state index in [9.17, 15) is 0 Å². The van der Waals surface area contributed by atoms with Crippen molar-refractivity contribution >= 4 is 26.5 Å². The fourth-order valence-corrected chi connectivity index (χ4v) is 4.13. The Morgan fingerprint density at radius 1 is 1.31 bits per heavy atom. The monoisotopic (exact) mass is 275 g/mol. The van der Waals surface area contributed by atoms with Crippen LogP contribution in [-0.2, 0) is 0 Å². The summed E-state index contributed by atoms with van der Waals surface area (Å²) >= 11 is 0. The van der Waals surface area contributed by atoms with E-state index in [2.05, 4.69) is 32.3 Å². The molecule has 0 heterocycles. The van der Waals surface area contributed by atoms with Gasteiger partial charge in [-0.15, -0.1) is 0 Å². The van der Waals surface area contributed by atoms with Gasteiger partial charge in [0.2, 0.25) is 0 Å². The molecule has 0 amide bonds. The van der Waals surface area contributed by atoms with E-state index in [4.69, 9.17) is 6.13 Å². The molecular weight excluding hydrogens is 249 g/mol. The predicted octanol–water partition coefficient (Wildman–Crippen LogP) is 4.47. The van der Waals surface area contributed by atoms with Gasteiger partial charge in [0.1, 0.15) is 0 Å². The van der Waals surface area contributed by atoms with E-state index < -0.39 is 0 Å². The summed E-state index contributed by atoms with van der Waals surface area (Å²) in [6.45, 7) is 4.70. The van der Waals surface area contributed by atoms with E-state index >= 15 is 0 Å². The summed E-state index contributed by atoms with van der Waals surface area (Å²) in [7, 11) is 6.85. The molecule has 1 saturated carbocycles. The zero-order valence-electron chi connectivity index (χ0n) is 10.7. The summed E-state index contributed by atoms with van der Waals surface area (Å²) in [5.74, 6) is 1.95. The van der Waals surface area contributed by atoms with Gasteiger partial charge in [-0.2, -0.15) is 0 Å². The molecule has 0 saturated heterocycles. The van der Waals surface area contributed by atoms with Gasteiger partial charge in [-0.1, -0.05) is 0 Å². The van der Waals surface area contributed by atoms with Gasteiger partial charge in [0.05, 0.1) is 0 Å². The van der Waals surface area contributed by atoms with E-state index in [0.717, 1.165) is 19.9 Å². The molecule has 0 aromatic heterocycles. The number of rotatable bonds is 6. The molecule has 0 nitrogen and oxygen atoms in total. The summed E-state index contributed by atoms with van der Waals surface area (Å²) in [6, 6.07) is 0. The average molecular weight is 275 g/mol. The van der Waals surface area contributed by atoms with Crippen LogP contribution in [0, 0.1) is 23.4 Å². The maximum absolute atomic E-state index is 5.89. The Morgan fingerprint density at radius 2 is 1.94 bits per heavy atom. The van der Waals surface area contributed by atoms with Gasteiger partial charge in [-0.25, -0.2) is 0 Å². The normalized spacial score (nSPS) is 27.2. The summed E-state index contributed by atoms with van der Waals surface area (Å²) in [4.78, 5) is 0. The van der Waals surface area contributed by atoms with Crippen molar-refractivity contribution in [3.8, 4) is 6.13 Å². The molecule has 0 aromatic carbocycles.